The zero-order valence-electron chi connectivity index (χ0n) is 10.0. The molecular formula is C11H23N3O. The molecule has 0 aliphatic carbocycles. The second-order valence-electron chi connectivity index (χ2n) is 5.23. The van der Waals surface area contributed by atoms with Crippen LogP contribution >= 0.6 is 0 Å². The van der Waals surface area contributed by atoms with Crippen LogP contribution in [0.15, 0.2) is 0 Å². The molecule has 3 N–H and O–H groups in total. The summed E-state index contributed by atoms with van der Waals surface area (Å²) < 4.78 is 0. The molecule has 4 heteroatoms. The first-order chi connectivity index (χ1) is 6.97. The minimum absolute atomic E-state index is 0.0742. The Morgan fingerprint density at radius 2 is 2.13 bits per heavy atom. The van der Waals surface area contributed by atoms with E-state index in [0.29, 0.717) is 6.04 Å². The Morgan fingerprint density at radius 1 is 1.40 bits per heavy atom. The minimum atomic E-state index is -0.163. The third-order valence-corrected chi connectivity index (χ3v) is 2.41. The van der Waals surface area contributed by atoms with Crippen LogP contribution in [0.4, 0.5) is 4.79 Å². The predicted molar refractivity (Wildman–Crippen MR) is 61.9 cm³/mol. The van der Waals surface area contributed by atoms with Gasteiger partial charge in [-0.05, 0) is 40.2 Å². The molecule has 0 spiro atoms. The van der Waals surface area contributed by atoms with E-state index in [-0.39, 0.29) is 11.6 Å². The molecule has 1 unspecified atom stereocenters. The Bertz CT molecular complexity index is 204. The van der Waals surface area contributed by atoms with E-state index in [2.05, 4.69) is 16.0 Å². The highest BCUT2D eigenvalue weighted by molar-refractivity contribution is 5.74. The SMILES string of the molecule is CC(C)(C)NC(=O)NCC1CCCCN1. The van der Waals surface area contributed by atoms with E-state index in [1.807, 2.05) is 20.8 Å². The second kappa shape index (κ2) is 5.35. The molecule has 1 aliphatic rings. The Kier molecular flexibility index (Phi) is 4.39. The number of amides is 2. The predicted octanol–water partition coefficient (Wildman–Crippen LogP) is 1.23. The lowest BCUT2D eigenvalue weighted by molar-refractivity contribution is 0.229. The van der Waals surface area contributed by atoms with Crippen LogP contribution in [0.25, 0.3) is 0 Å². The summed E-state index contributed by atoms with van der Waals surface area (Å²) in [6.45, 7) is 7.73. The molecule has 1 fully saturated rings. The third kappa shape index (κ3) is 5.62. The highest BCUT2D eigenvalue weighted by Gasteiger charge is 2.16. The number of hydrogen-bond donors (Lipinski definition) is 3. The van der Waals surface area contributed by atoms with Crippen molar-refractivity contribution in [2.75, 3.05) is 13.1 Å². The average Bonchev–Trinajstić information content (AvgIpc) is 2.14. The molecule has 0 aromatic rings. The molecule has 1 heterocycles. The Morgan fingerprint density at radius 3 is 2.67 bits per heavy atom. The maximum Gasteiger partial charge on any atom is 0.315 e. The van der Waals surface area contributed by atoms with Gasteiger partial charge in [-0.3, -0.25) is 0 Å². The minimum Gasteiger partial charge on any atom is -0.337 e. The summed E-state index contributed by atoms with van der Waals surface area (Å²) in [6.07, 6.45) is 3.68. The highest BCUT2D eigenvalue weighted by atomic mass is 16.2. The molecule has 0 saturated carbocycles. The van der Waals surface area contributed by atoms with E-state index < -0.39 is 0 Å². The molecule has 0 aromatic heterocycles. The van der Waals surface area contributed by atoms with Gasteiger partial charge >= 0.3 is 6.03 Å². The first-order valence-electron chi connectivity index (χ1n) is 5.77. The van der Waals surface area contributed by atoms with E-state index in [1.165, 1.54) is 12.8 Å². The lowest BCUT2D eigenvalue weighted by Gasteiger charge is -2.25. The number of carbonyl (C=O) groups excluding carboxylic acids is 1. The molecule has 4 nitrogen and oxygen atoms in total. The van der Waals surface area contributed by atoms with Gasteiger partial charge < -0.3 is 16.0 Å². The molecule has 1 saturated heterocycles. The summed E-state index contributed by atoms with van der Waals surface area (Å²) in [5.41, 5.74) is -0.163. The second-order valence-corrected chi connectivity index (χ2v) is 5.23. The van der Waals surface area contributed by atoms with Gasteiger partial charge in [0.25, 0.3) is 0 Å². The fraction of sp³-hybridized carbons (Fsp3) is 0.909. The van der Waals surface area contributed by atoms with Gasteiger partial charge in [-0.2, -0.15) is 0 Å². The van der Waals surface area contributed by atoms with Crippen molar-refractivity contribution in [2.24, 2.45) is 0 Å². The van der Waals surface area contributed by atoms with Crippen molar-refractivity contribution in [3.05, 3.63) is 0 Å². The third-order valence-electron chi connectivity index (χ3n) is 2.41. The van der Waals surface area contributed by atoms with Crippen LogP contribution in [0.3, 0.4) is 0 Å². The Hall–Kier alpha value is -0.770. The maximum atomic E-state index is 11.5. The van der Waals surface area contributed by atoms with Crippen LogP contribution in [0.5, 0.6) is 0 Å². The molecule has 0 radical (unpaired) electrons. The molecule has 88 valence electrons. The van der Waals surface area contributed by atoms with Gasteiger partial charge in [-0.1, -0.05) is 6.42 Å². The fourth-order valence-corrected chi connectivity index (χ4v) is 1.70. The van der Waals surface area contributed by atoms with Crippen molar-refractivity contribution in [1.29, 1.82) is 0 Å². The normalized spacial score (nSPS) is 22.2. The van der Waals surface area contributed by atoms with Crippen LogP contribution < -0.4 is 16.0 Å². The number of urea groups is 1. The maximum absolute atomic E-state index is 11.5. The van der Waals surface area contributed by atoms with Gasteiger partial charge in [-0.25, -0.2) is 4.79 Å². The Balaban J connectivity index is 2.15. The molecule has 1 aliphatic heterocycles. The van der Waals surface area contributed by atoms with Gasteiger partial charge in [-0.15, -0.1) is 0 Å². The largest absolute Gasteiger partial charge is 0.337 e. The van der Waals surface area contributed by atoms with Crippen LogP contribution in [0, 0.1) is 0 Å². The monoisotopic (exact) mass is 213 g/mol. The van der Waals surface area contributed by atoms with Gasteiger partial charge in [0.05, 0.1) is 0 Å². The topological polar surface area (TPSA) is 53.2 Å². The molecule has 0 bridgehead atoms. The van der Waals surface area contributed by atoms with Gasteiger partial charge in [0, 0.05) is 18.1 Å². The van der Waals surface area contributed by atoms with Gasteiger partial charge in [0.2, 0.25) is 0 Å². The van der Waals surface area contributed by atoms with Crippen molar-refractivity contribution in [2.45, 2.75) is 51.6 Å². The molecule has 15 heavy (non-hydrogen) atoms. The summed E-state index contributed by atoms with van der Waals surface area (Å²) in [4.78, 5) is 11.5. The first-order valence-corrected chi connectivity index (χ1v) is 5.77. The van der Waals surface area contributed by atoms with Crippen molar-refractivity contribution in [1.82, 2.24) is 16.0 Å². The van der Waals surface area contributed by atoms with Crippen molar-refractivity contribution in [3.63, 3.8) is 0 Å². The lowest BCUT2D eigenvalue weighted by Crippen LogP contribution is -2.50. The fourth-order valence-electron chi connectivity index (χ4n) is 1.70. The molecule has 0 aromatic carbocycles. The smallest absolute Gasteiger partial charge is 0.315 e. The van der Waals surface area contributed by atoms with Crippen molar-refractivity contribution < 1.29 is 4.79 Å². The van der Waals surface area contributed by atoms with E-state index in [4.69, 9.17) is 0 Å². The van der Waals surface area contributed by atoms with Crippen LogP contribution in [-0.2, 0) is 0 Å². The number of nitrogens with one attached hydrogen (secondary N) is 3. The van der Waals surface area contributed by atoms with E-state index in [0.717, 1.165) is 19.5 Å². The van der Waals surface area contributed by atoms with E-state index >= 15 is 0 Å². The van der Waals surface area contributed by atoms with Crippen molar-refractivity contribution >= 4 is 6.03 Å². The van der Waals surface area contributed by atoms with Gasteiger partial charge in [0.1, 0.15) is 0 Å². The van der Waals surface area contributed by atoms with Crippen LogP contribution in [-0.4, -0.2) is 30.7 Å². The first kappa shape index (κ1) is 12.3. The Labute approximate surface area is 92.2 Å². The lowest BCUT2D eigenvalue weighted by atomic mass is 10.1. The summed E-state index contributed by atoms with van der Waals surface area (Å²) in [6, 6.07) is 0.374. The van der Waals surface area contributed by atoms with Crippen LogP contribution in [0.1, 0.15) is 40.0 Å². The zero-order chi connectivity index (χ0) is 11.3. The molecule has 2 amide bonds. The van der Waals surface area contributed by atoms with Crippen molar-refractivity contribution in [3.8, 4) is 0 Å². The number of hydrogen-bond acceptors (Lipinski definition) is 2. The van der Waals surface area contributed by atoms with Gasteiger partial charge in [0.15, 0.2) is 0 Å². The van der Waals surface area contributed by atoms with E-state index in [9.17, 15) is 4.79 Å². The van der Waals surface area contributed by atoms with E-state index in [1.54, 1.807) is 0 Å². The molecular weight excluding hydrogens is 190 g/mol. The average molecular weight is 213 g/mol. The number of carbonyl (C=O) groups is 1. The summed E-state index contributed by atoms with van der Waals surface area (Å²) in [7, 11) is 0. The zero-order valence-corrected chi connectivity index (χ0v) is 10.0. The molecule has 1 rings (SSSR count). The summed E-state index contributed by atoms with van der Waals surface area (Å²) >= 11 is 0. The number of rotatable bonds is 2. The van der Waals surface area contributed by atoms with Crippen LogP contribution in [0.2, 0.25) is 0 Å². The highest BCUT2D eigenvalue weighted by Crippen LogP contribution is 2.05. The summed E-state index contributed by atoms with van der Waals surface area (Å²) in [5, 5.41) is 9.17. The standard InChI is InChI=1S/C11H23N3O/c1-11(2,3)14-10(15)13-8-9-6-4-5-7-12-9/h9,12H,4-8H2,1-3H3,(H2,13,14,15). The quantitative estimate of drug-likeness (QED) is 0.646. The number of piperidine rings is 1. The summed E-state index contributed by atoms with van der Waals surface area (Å²) in [5.74, 6) is 0. The molecule has 1 atom stereocenters.